The molecule has 0 spiro atoms. The summed E-state index contributed by atoms with van der Waals surface area (Å²) in [5, 5.41) is 0. The fourth-order valence-electron chi connectivity index (χ4n) is 0.935. The van der Waals surface area contributed by atoms with Crippen LogP contribution < -0.4 is 5.73 Å². The minimum absolute atomic E-state index is 0.353. The van der Waals surface area contributed by atoms with Crippen LogP contribution in [0.15, 0.2) is 27.8 Å². The van der Waals surface area contributed by atoms with Gasteiger partial charge < -0.3 is 10.5 Å². The van der Waals surface area contributed by atoms with Crippen molar-refractivity contribution in [1.29, 1.82) is 0 Å². The van der Waals surface area contributed by atoms with Crippen molar-refractivity contribution >= 4 is 40.3 Å². The number of rotatable bonds is 2. The van der Waals surface area contributed by atoms with Crippen molar-refractivity contribution < 1.29 is 9.53 Å². The molecular weight excluding hydrogens is 293 g/mol. The highest BCUT2D eigenvalue weighted by Crippen LogP contribution is 2.18. The van der Waals surface area contributed by atoms with Crippen molar-refractivity contribution in [1.82, 2.24) is 0 Å². The number of carbonyl (C=O) groups excluding carboxylic acids is 1. The first-order valence-electron chi connectivity index (χ1n) is 3.95. The lowest BCUT2D eigenvalue weighted by Crippen LogP contribution is -1.99. The standard InChI is InChI=1S/C10H10INO2/c1-14-10(13)8(11)6-7-4-2-3-5-9(7)12/h2-6H,12H2,1H3/b8-6-. The average molecular weight is 303 g/mol. The predicted molar refractivity (Wildman–Crippen MR) is 64.9 cm³/mol. The number of halogens is 1. The van der Waals surface area contributed by atoms with Crippen LogP contribution in [0.1, 0.15) is 5.56 Å². The van der Waals surface area contributed by atoms with E-state index in [4.69, 9.17) is 5.73 Å². The number of methoxy groups -OCH3 is 1. The molecule has 0 fully saturated rings. The lowest BCUT2D eigenvalue weighted by atomic mass is 10.2. The van der Waals surface area contributed by atoms with E-state index in [2.05, 4.69) is 4.74 Å². The zero-order chi connectivity index (χ0) is 10.6. The van der Waals surface area contributed by atoms with E-state index in [1.54, 1.807) is 12.1 Å². The lowest BCUT2D eigenvalue weighted by Gasteiger charge is -2.00. The molecule has 0 aromatic heterocycles. The molecule has 0 saturated carbocycles. The van der Waals surface area contributed by atoms with Crippen molar-refractivity contribution in [3.63, 3.8) is 0 Å². The van der Waals surface area contributed by atoms with Gasteiger partial charge in [0.15, 0.2) is 0 Å². The molecule has 0 heterocycles. The number of nitrogen functional groups attached to an aromatic ring is 1. The molecular formula is C10H10INO2. The number of carbonyl (C=O) groups is 1. The largest absolute Gasteiger partial charge is 0.465 e. The van der Waals surface area contributed by atoms with Crippen molar-refractivity contribution in [3.8, 4) is 0 Å². The van der Waals surface area contributed by atoms with Gasteiger partial charge in [0, 0.05) is 5.69 Å². The minimum atomic E-state index is -0.353. The Balaban J connectivity index is 2.97. The van der Waals surface area contributed by atoms with Gasteiger partial charge in [-0.2, -0.15) is 0 Å². The Morgan fingerprint density at radius 2 is 2.14 bits per heavy atom. The highest BCUT2D eigenvalue weighted by atomic mass is 127. The maximum absolute atomic E-state index is 11.1. The van der Waals surface area contributed by atoms with Crippen molar-refractivity contribution in [2.45, 2.75) is 0 Å². The Labute approximate surface area is 96.1 Å². The number of para-hydroxylation sites is 1. The topological polar surface area (TPSA) is 52.3 Å². The number of esters is 1. The van der Waals surface area contributed by atoms with E-state index < -0.39 is 0 Å². The second-order valence-corrected chi connectivity index (χ2v) is 3.77. The zero-order valence-electron chi connectivity index (χ0n) is 7.66. The van der Waals surface area contributed by atoms with Gasteiger partial charge >= 0.3 is 5.97 Å². The molecule has 1 aromatic rings. The number of ether oxygens (including phenoxy) is 1. The Morgan fingerprint density at radius 3 is 2.71 bits per heavy atom. The molecule has 1 rings (SSSR count). The van der Waals surface area contributed by atoms with Crippen LogP contribution in [0.5, 0.6) is 0 Å². The maximum Gasteiger partial charge on any atom is 0.344 e. The van der Waals surface area contributed by atoms with Crippen LogP contribution in [0.3, 0.4) is 0 Å². The van der Waals surface area contributed by atoms with Crippen molar-refractivity contribution in [2.75, 3.05) is 12.8 Å². The Hall–Kier alpha value is -1.04. The van der Waals surface area contributed by atoms with Gasteiger partial charge in [0.05, 0.1) is 10.7 Å². The van der Waals surface area contributed by atoms with Gasteiger partial charge in [-0.15, -0.1) is 0 Å². The number of benzene rings is 1. The van der Waals surface area contributed by atoms with Gasteiger partial charge in [-0.05, 0) is 40.3 Å². The smallest absolute Gasteiger partial charge is 0.344 e. The molecule has 0 bridgehead atoms. The summed E-state index contributed by atoms with van der Waals surface area (Å²) in [7, 11) is 1.35. The Kier molecular flexibility index (Phi) is 3.94. The van der Waals surface area contributed by atoms with Gasteiger partial charge in [-0.1, -0.05) is 18.2 Å². The first-order chi connectivity index (χ1) is 6.65. The molecule has 0 radical (unpaired) electrons. The quantitative estimate of drug-likeness (QED) is 0.394. The average Bonchev–Trinajstić information content (AvgIpc) is 2.20. The normalized spacial score (nSPS) is 11.1. The summed E-state index contributed by atoms with van der Waals surface area (Å²) in [6, 6.07) is 7.34. The molecule has 14 heavy (non-hydrogen) atoms. The summed E-state index contributed by atoms with van der Waals surface area (Å²) < 4.78 is 5.07. The van der Waals surface area contributed by atoms with Crippen LogP contribution in [0.25, 0.3) is 6.08 Å². The van der Waals surface area contributed by atoms with Crippen LogP contribution in [0, 0.1) is 0 Å². The fraction of sp³-hybridized carbons (Fsp3) is 0.100. The molecule has 1 aromatic carbocycles. The lowest BCUT2D eigenvalue weighted by molar-refractivity contribution is -0.134. The highest BCUT2D eigenvalue weighted by molar-refractivity contribution is 14.1. The molecule has 74 valence electrons. The van der Waals surface area contributed by atoms with Gasteiger partial charge in [-0.3, -0.25) is 0 Å². The Bertz CT molecular complexity index is 374. The molecule has 2 N–H and O–H groups in total. The van der Waals surface area contributed by atoms with E-state index in [-0.39, 0.29) is 5.97 Å². The van der Waals surface area contributed by atoms with Gasteiger partial charge in [0.1, 0.15) is 0 Å². The summed E-state index contributed by atoms with van der Waals surface area (Å²) >= 11 is 1.92. The van der Waals surface area contributed by atoms with E-state index in [1.165, 1.54) is 7.11 Å². The molecule has 0 saturated heterocycles. The first-order valence-corrected chi connectivity index (χ1v) is 5.03. The van der Waals surface area contributed by atoms with Crippen LogP contribution in [-0.4, -0.2) is 13.1 Å². The highest BCUT2D eigenvalue weighted by Gasteiger charge is 2.05. The molecule has 4 heteroatoms. The third-order valence-corrected chi connectivity index (χ3v) is 2.41. The number of nitrogens with two attached hydrogens (primary N) is 1. The summed E-state index contributed by atoms with van der Waals surface area (Å²) in [5.74, 6) is -0.353. The summed E-state index contributed by atoms with van der Waals surface area (Å²) in [5.41, 5.74) is 7.18. The van der Waals surface area contributed by atoms with E-state index in [0.717, 1.165) is 5.56 Å². The van der Waals surface area contributed by atoms with E-state index in [0.29, 0.717) is 9.27 Å². The molecule has 0 unspecified atom stereocenters. The fourth-order valence-corrected chi connectivity index (χ4v) is 1.49. The molecule has 0 aliphatic carbocycles. The van der Waals surface area contributed by atoms with E-state index in [9.17, 15) is 4.79 Å². The molecule has 0 amide bonds. The molecule has 0 atom stereocenters. The van der Waals surface area contributed by atoms with Crippen LogP contribution >= 0.6 is 22.6 Å². The summed E-state index contributed by atoms with van der Waals surface area (Å²) in [6.07, 6.45) is 1.70. The summed E-state index contributed by atoms with van der Waals surface area (Å²) in [6.45, 7) is 0. The second kappa shape index (κ2) is 4.99. The van der Waals surface area contributed by atoms with Crippen molar-refractivity contribution in [3.05, 3.63) is 33.4 Å². The number of anilines is 1. The van der Waals surface area contributed by atoms with Gasteiger partial charge in [-0.25, -0.2) is 4.79 Å². The SMILES string of the molecule is COC(=O)/C(I)=C/c1ccccc1N. The van der Waals surface area contributed by atoms with Crippen LogP contribution in [0.2, 0.25) is 0 Å². The van der Waals surface area contributed by atoms with Gasteiger partial charge in [0.2, 0.25) is 0 Å². The maximum atomic E-state index is 11.1. The third-order valence-electron chi connectivity index (χ3n) is 1.66. The Morgan fingerprint density at radius 1 is 1.50 bits per heavy atom. The van der Waals surface area contributed by atoms with Gasteiger partial charge in [0.25, 0.3) is 0 Å². The second-order valence-electron chi connectivity index (χ2n) is 2.61. The monoisotopic (exact) mass is 303 g/mol. The van der Waals surface area contributed by atoms with Crippen molar-refractivity contribution in [2.24, 2.45) is 0 Å². The zero-order valence-corrected chi connectivity index (χ0v) is 9.82. The van der Waals surface area contributed by atoms with Crippen LogP contribution in [-0.2, 0) is 9.53 Å². The molecule has 0 aliphatic heterocycles. The molecule has 0 aliphatic rings. The first kappa shape index (κ1) is 11.0. The third kappa shape index (κ3) is 2.73. The number of hydrogen-bond donors (Lipinski definition) is 1. The minimum Gasteiger partial charge on any atom is -0.465 e. The van der Waals surface area contributed by atoms with Crippen LogP contribution in [0.4, 0.5) is 5.69 Å². The van der Waals surface area contributed by atoms with E-state index in [1.807, 2.05) is 40.8 Å². The number of hydrogen-bond acceptors (Lipinski definition) is 3. The predicted octanol–water partition coefficient (Wildman–Crippen LogP) is 2.22. The van der Waals surface area contributed by atoms with E-state index >= 15 is 0 Å². The summed E-state index contributed by atoms with van der Waals surface area (Å²) in [4.78, 5) is 11.1. The molecule has 3 nitrogen and oxygen atoms in total.